The number of anilines is 1. The van der Waals surface area contributed by atoms with Gasteiger partial charge in [0, 0.05) is 68.8 Å². The van der Waals surface area contributed by atoms with Crippen molar-refractivity contribution >= 4 is 28.8 Å². The van der Waals surface area contributed by atoms with Crippen LogP contribution in [-0.2, 0) is 4.74 Å². The van der Waals surface area contributed by atoms with Crippen LogP contribution < -0.4 is 4.90 Å². The third-order valence-electron chi connectivity index (χ3n) is 8.33. The molecule has 0 aliphatic carbocycles. The molecule has 41 heavy (non-hydrogen) atoms. The predicted molar refractivity (Wildman–Crippen MR) is 157 cm³/mol. The van der Waals surface area contributed by atoms with Crippen LogP contribution in [0, 0.1) is 0 Å². The van der Waals surface area contributed by atoms with Crippen molar-refractivity contribution in [1.82, 2.24) is 24.5 Å². The molecule has 2 atom stereocenters. The molecule has 0 N–H and O–H groups in total. The van der Waals surface area contributed by atoms with Gasteiger partial charge in [0.25, 0.3) is 6.43 Å². The average molecular weight is 589 g/mol. The Labute approximate surface area is 245 Å². The van der Waals surface area contributed by atoms with E-state index < -0.39 is 12.4 Å². The monoisotopic (exact) mass is 588 g/mol. The third kappa shape index (κ3) is 6.29. The normalized spacial score (nSPS) is 22.4. The van der Waals surface area contributed by atoms with E-state index in [1.807, 2.05) is 18.2 Å². The summed E-state index contributed by atoms with van der Waals surface area (Å²) in [5.74, 6) is -0.774. The first-order valence-corrected chi connectivity index (χ1v) is 14.8. The molecule has 11 heteroatoms. The van der Waals surface area contributed by atoms with E-state index in [0.717, 1.165) is 62.5 Å². The molecular formula is C30H39ClF2N6O2. The summed E-state index contributed by atoms with van der Waals surface area (Å²) in [5, 5.41) is 4.86. The second-order valence-electron chi connectivity index (χ2n) is 10.8. The minimum absolute atomic E-state index is 0.108. The van der Waals surface area contributed by atoms with E-state index in [2.05, 4.69) is 57.0 Å². The molecule has 3 aliphatic rings. The van der Waals surface area contributed by atoms with E-state index in [9.17, 15) is 13.6 Å². The number of ether oxygens (including phenoxy) is 1. The molecular weight excluding hydrogens is 550 g/mol. The molecule has 5 rings (SSSR count). The van der Waals surface area contributed by atoms with Gasteiger partial charge in [-0.3, -0.25) is 9.58 Å². The van der Waals surface area contributed by atoms with E-state index in [1.165, 1.54) is 10.9 Å². The van der Waals surface area contributed by atoms with E-state index in [0.29, 0.717) is 18.0 Å². The van der Waals surface area contributed by atoms with Crippen molar-refractivity contribution in [3.63, 3.8) is 0 Å². The molecule has 3 aliphatic heterocycles. The number of hydrogen-bond donors (Lipinski definition) is 0. The Kier molecular flexibility index (Phi) is 9.31. The lowest BCUT2D eigenvalue weighted by Crippen LogP contribution is -2.53. The van der Waals surface area contributed by atoms with E-state index >= 15 is 0 Å². The van der Waals surface area contributed by atoms with Gasteiger partial charge in [-0.25, -0.2) is 13.6 Å². The summed E-state index contributed by atoms with van der Waals surface area (Å²) >= 11 is 6.49. The van der Waals surface area contributed by atoms with Crippen LogP contribution >= 0.6 is 11.6 Å². The zero-order valence-corrected chi connectivity index (χ0v) is 24.7. The number of allylic oxidation sites excluding steroid dienone is 2. The maximum atomic E-state index is 14.2. The molecule has 8 nitrogen and oxygen atoms in total. The van der Waals surface area contributed by atoms with Gasteiger partial charge >= 0.3 is 5.97 Å². The Bertz CT molecular complexity index is 1290. The van der Waals surface area contributed by atoms with Crippen LogP contribution in [0.15, 0.2) is 42.7 Å². The first kappa shape index (κ1) is 29.5. The standard InChI is InChI=1S/C30H39ClF2N6O2/c1-4-36-13-15-37(16-14-36)27-11-8-21(19-35(27)3)24-10-9-22(31)17-26(24)38-12-6-7-23(20-38)39-28(29(32)33)25(18-34-39)30(40)41-5-2/h8-11,17-19,23,27,29H,4-7,12-16,20H2,1-3H3. The number of aromatic nitrogens is 2. The van der Waals surface area contributed by atoms with Gasteiger partial charge < -0.3 is 19.4 Å². The molecule has 2 saturated heterocycles. The number of alkyl halides is 2. The highest BCUT2D eigenvalue weighted by atomic mass is 35.5. The Morgan fingerprint density at radius 2 is 1.95 bits per heavy atom. The molecule has 0 bridgehead atoms. The fourth-order valence-corrected chi connectivity index (χ4v) is 6.34. The quantitative estimate of drug-likeness (QED) is 0.388. The number of carbonyl (C=O) groups excluding carboxylic acids is 1. The lowest BCUT2D eigenvalue weighted by atomic mass is 9.98. The van der Waals surface area contributed by atoms with Crippen molar-refractivity contribution in [3.8, 4) is 0 Å². The summed E-state index contributed by atoms with van der Waals surface area (Å²) in [5.41, 5.74) is 2.51. The van der Waals surface area contributed by atoms with Crippen LogP contribution in [0.2, 0.25) is 5.02 Å². The second-order valence-corrected chi connectivity index (χ2v) is 11.2. The van der Waals surface area contributed by atoms with Crippen LogP contribution in [0.5, 0.6) is 0 Å². The lowest BCUT2D eigenvalue weighted by Gasteiger charge is -2.42. The largest absolute Gasteiger partial charge is 0.462 e. The zero-order valence-electron chi connectivity index (χ0n) is 24.0. The predicted octanol–water partition coefficient (Wildman–Crippen LogP) is 5.30. The number of esters is 1. The molecule has 2 unspecified atom stereocenters. The van der Waals surface area contributed by atoms with Crippen molar-refractivity contribution in [2.24, 2.45) is 0 Å². The van der Waals surface area contributed by atoms with Gasteiger partial charge in [-0.2, -0.15) is 5.10 Å². The maximum absolute atomic E-state index is 14.2. The second kappa shape index (κ2) is 12.9. The minimum atomic E-state index is -2.85. The molecule has 222 valence electrons. The SMILES string of the molecule is CCOC(=O)c1cnn(C2CCCN(c3cc(Cl)ccc3C3=CN(C)C(N4CCN(CC)CC4)C=C3)C2)c1C(F)F. The van der Waals surface area contributed by atoms with Crippen LogP contribution in [0.3, 0.4) is 0 Å². The van der Waals surface area contributed by atoms with Crippen LogP contribution in [-0.4, -0.2) is 96.1 Å². The minimum Gasteiger partial charge on any atom is -0.462 e. The Balaban J connectivity index is 1.38. The van der Waals surface area contributed by atoms with Gasteiger partial charge in [-0.1, -0.05) is 30.7 Å². The van der Waals surface area contributed by atoms with Gasteiger partial charge in [-0.15, -0.1) is 0 Å². The first-order chi connectivity index (χ1) is 19.8. The summed E-state index contributed by atoms with van der Waals surface area (Å²) in [6, 6.07) is 5.54. The zero-order chi connectivity index (χ0) is 29.1. The molecule has 0 amide bonds. The fourth-order valence-electron chi connectivity index (χ4n) is 6.18. The van der Waals surface area contributed by atoms with Gasteiger partial charge in [0.05, 0.1) is 18.8 Å². The smallest absolute Gasteiger partial charge is 0.341 e. The number of halogens is 3. The molecule has 0 spiro atoms. The Hall–Kier alpha value is -2.95. The topological polar surface area (TPSA) is 57.1 Å². The highest BCUT2D eigenvalue weighted by Gasteiger charge is 2.32. The molecule has 4 heterocycles. The summed E-state index contributed by atoms with van der Waals surface area (Å²) in [7, 11) is 2.11. The number of piperazine rings is 1. The highest BCUT2D eigenvalue weighted by molar-refractivity contribution is 6.31. The van der Waals surface area contributed by atoms with Crippen molar-refractivity contribution in [2.45, 2.75) is 45.3 Å². The Morgan fingerprint density at radius 3 is 2.63 bits per heavy atom. The van der Waals surface area contributed by atoms with E-state index in [1.54, 1.807) is 6.92 Å². The summed E-state index contributed by atoms with van der Waals surface area (Å²) in [4.78, 5) is 21.8. The van der Waals surface area contributed by atoms with E-state index in [4.69, 9.17) is 16.3 Å². The highest BCUT2D eigenvalue weighted by Crippen LogP contribution is 2.37. The molecule has 1 aromatic heterocycles. The molecule has 2 aromatic rings. The van der Waals surface area contributed by atoms with Crippen molar-refractivity contribution in [3.05, 3.63) is 64.6 Å². The molecule has 0 radical (unpaired) electrons. The van der Waals surface area contributed by atoms with Crippen molar-refractivity contribution < 1.29 is 18.3 Å². The van der Waals surface area contributed by atoms with Gasteiger partial charge in [-0.05, 0) is 50.1 Å². The Morgan fingerprint density at radius 1 is 1.17 bits per heavy atom. The number of nitrogens with zero attached hydrogens (tertiary/aromatic N) is 6. The van der Waals surface area contributed by atoms with Gasteiger partial charge in [0.15, 0.2) is 0 Å². The van der Waals surface area contributed by atoms with Gasteiger partial charge in [0.2, 0.25) is 0 Å². The number of rotatable bonds is 8. The lowest BCUT2D eigenvalue weighted by molar-refractivity contribution is 0.0512. The fraction of sp³-hybridized carbons (Fsp3) is 0.533. The third-order valence-corrected chi connectivity index (χ3v) is 8.56. The van der Waals surface area contributed by atoms with Crippen molar-refractivity contribution in [1.29, 1.82) is 0 Å². The molecule has 1 aromatic carbocycles. The average Bonchev–Trinajstić information content (AvgIpc) is 3.43. The number of piperidine rings is 1. The van der Waals surface area contributed by atoms with Crippen LogP contribution in [0.25, 0.3) is 5.57 Å². The summed E-state index contributed by atoms with van der Waals surface area (Å²) in [6.07, 6.45) is 6.63. The van der Waals surface area contributed by atoms with Crippen LogP contribution in [0.1, 0.15) is 60.8 Å². The van der Waals surface area contributed by atoms with Crippen molar-refractivity contribution in [2.75, 3.05) is 64.4 Å². The summed E-state index contributed by atoms with van der Waals surface area (Å²) in [6.45, 7) is 10.5. The molecule has 0 saturated carbocycles. The number of hydrogen-bond acceptors (Lipinski definition) is 7. The van der Waals surface area contributed by atoms with Crippen LogP contribution in [0.4, 0.5) is 14.5 Å². The number of carbonyl (C=O) groups is 1. The summed E-state index contributed by atoms with van der Waals surface area (Å²) < 4.78 is 34.7. The number of benzene rings is 1. The maximum Gasteiger partial charge on any atom is 0.341 e. The number of likely N-dealkylation sites (N-methyl/N-ethyl adjacent to an activating group) is 2. The molecule has 2 fully saturated rings. The first-order valence-electron chi connectivity index (χ1n) is 14.5. The van der Waals surface area contributed by atoms with Gasteiger partial charge in [0.1, 0.15) is 17.4 Å². The van der Waals surface area contributed by atoms with E-state index in [-0.39, 0.29) is 30.1 Å².